The SMILES string of the molecule is CNCc1c(C)oc(C)c1S(=O)(=O)N(C)C1CCOC1. The Balaban J connectivity index is 2.43. The van der Waals surface area contributed by atoms with Crippen molar-refractivity contribution in [3.05, 3.63) is 17.1 Å². The quantitative estimate of drug-likeness (QED) is 0.879. The lowest BCUT2D eigenvalue weighted by Gasteiger charge is -2.23. The maximum absolute atomic E-state index is 12.8. The summed E-state index contributed by atoms with van der Waals surface area (Å²) in [6.45, 7) is 5.01. The topological polar surface area (TPSA) is 71.8 Å². The van der Waals surface area contributed by atoms with E-state index in [1.165, 1.54) is 4.31 Å². The summed E-state index contributed by atoms with van der Waals surface area (Å²) >= 11 is 0. The Kier molecular flexibility index (Phi) is 4.53. The molecule has 0 amide bonds. The number of ether oxygens (including phenoxy) is 1. The Morgan fingerprint density at radius 2 is 2.05 bits per heavy atom. The molecule has 2 rings (SSSR count). The van der Waals surface area contributed by atoms with Gasteiger partial charge >= 0.3 is 0 Å². The molecule has 7 heteroatoms. The van der Waals surface area contributed by atoms with E-state index in [9.17, 15) is 8.42 Å². The maximum Gasteiger partial charge on any atom is 0.246 e. The van der Waals surface area contributed by atoms with Crippen LogP contribution in [0.5, 0.6) is 0 Å². The molecule has 114 valence electrons. The summed E-state index contributed by atoms with van der Waals surface area (Å²) in [5.41, 5.74) is 0.704. The summed E-state index contributed by atoms with van der Waals surface area (Å²) in [7, 11) is -0.170. The molecule has 2 heterocycles. The first-order valence-corrected chi connectivity index (χ1v) is 8.12. The molecule has 1 fully saturated rings. The number of rotatable bonds is 5. The van der Waals surface area contributed by atoms with E-state index in [2.05, 4.69) is 5.32 Å². The minimum Gasteiger partial charge on any atom is -0.465 e. The molecule has 0 saturated carbocycles. The zero-order valence-corrected chi connectivity index (χ0v) is 13.2. The maximum atomic E-state index is 12.8. The number of nitrogens with zero attached hydrogens (tertiary/aromatic N) is 1. The average Bonchev–Trinajstić information content (AvgIpc) is 2.98. The van der Waals surface area contributed by atoms with Gasteiger partial charge in [-0.2, -0.15) is 4.31 Å². The van der Waals surface area contributed by atoms with Crippen LogP contribution in [0, 0.1) is 13.8 Å². The van der Waals surface area contributed by atoms with Gasteiger partial charge in [-0.3, -0.25) is 0 Å². The van der Waals surface area contributed by atoms with Gasteiger partial charge in [0.05, 0.1) is 12.6 Å². The van der Waals surface area contributed by atoms with Gasteiger partial charge in [-0.1, -0.05) is 0 Å². The standard InChI is InChI=1S/C13H22N2O4S/c1-9-12(7-14-3)13(10(2)19-9)20(16,17)15(4)11-5-6-18-8-11/h11,14H,5-8H2,1-4H3. The molecule has 1 aliphatic heterocycles. The lowest BCUT2D eigenvalue weighted by atomic mass is 10.2. The predicted octanol–water partition coefficient (Wildman–Crippen LogP) is 1.03. The van der Waals surface area contributed by atoms with Crippen LogP contribution in [-0.4, -0.2) is 46.1 Å². The zero-order valence-electron chi connectivity index (χ0n) is 12.4. The van der Waals surface area contributed by atoms with E-state index in [1.54, 1.807) is 27.9 Å². The highest BCUT2D eigenvalue weighted by atomic mass is 32.2. The Morgan fingerprint density at radius 1 is 1.35 bits per heavy atom. The van der Waals surface area contributed by atoms with Gasteiger partial charge in [-0.15, -0.1) is 0 Å². The van der Waals surface area contributed by atoms with E-state index in [0.717, 1.165) is 6.42 Å². The molecule has 1 aromatic rings. The molecule has 1 N–H and O–H groups in total. The number of furan rings is 1. The molecule has 0 aromatic carbocycles. The third-order valence-electron chi connectivity index (χ3n) is 3.74. The summed E-state index contributed by atoms with van der Waals surface area (Å²) in [6, 6.07) is -0.1000. The third-order valence-corrected chi connectivity index (χ3v) is 5.84. The normalized spacial score (nSPS) is 19.9. The van der Waals surface area contributed by atoms with Crippen LogP contribution in [0.25, 0.3) is 0 Å². The third kappa shape index (κ3) is 2.63. The van der Waals surface area contributed by atoms with Gasteiger partial charge < -0.3 is 14.5 Å². The van der Waals surface area contributed by atoms with Crippen LogP contribution in [0.2, 0.25) is 0 Å². The molecule has 6 nitrogen and oxygen atoms in total. The van der Waals surface area contributed by atoms with E-state index in [-0.39, 0.29) is 6.04 Å². The van der Waals surface area contributed by atoms with Crippen LogP contribution in [-0.2, 0) is 21.3 Å². The smallest absolute Gasteiger partial charge is 0.246 e. The fraction of sp³-hybridized carbons (Fsp3) is 0.692. The molecule has 1 unspecified atom stereocenters. The van der Waals surface area contributed by atoms with Crippen molar-refractivity contribution in [3.63, 3.8) is 0 Å². The monoisotopic (exact) mass is 302 g/mol. The molecule has 0 aliphatic carbocycles. The van der Waals surface area contributed by atoms with Crippen molar-refractivity contribution in [2.45, 2.75) is 37.8 Å². The highest BCUT2D eigenvalue weighted by Crippen LogP contribution is 2.30. The van der Waals surface area contributed by atoms with Crippen LogP contribution in [0.3, 0.4) is 0 Å². The van der Waals surface area contributed by atoms with Crippen LogP contribution >= 0.6 is 0 Å². The van der Waals surface area contributed by atoms with Crippen molar-refractivity contribution in [1.29, 1.82) is 0 Å². The number of nitrogens with one attached hydrogen (secondary N) is 1. The summed E-state index contributed by atoms with van der Waals surface area (Å²) in [5.74, 6) is 1.09. The second-order valence-corrected chi connectivity index (χ2v) is 7.03. The number of sulfonamides is 1. The van der Waals surface area contributed by atoms with Gasteiger partial charge in [0.1, 0.15) is 16.4 Å². The van der Waals surface area contributed by atoms with Gasteiger partial charge in [0.25, 0.3) is 0 Å². The van der Waals surface area contributed by atoms with Gasteiger partial charge in [0, 0.05) is 25.8 Å². The van der Waals surface area contributed by atoms with Crippen molar-refractivity contribution >= 4 is 10.0 Å². The number of hydrogen-bond donors (Lipinski definition) is 1. The fourth-order valence-corrected chi connectivity index (χ4v) is 4.36. The van der Waals surface area contributed by atoms with Gasteiger partial charge in [-0.05, 0) is 27.3 Å². The summed E-state index contributed by atoms with van der Waals surface area (Å²) in [4.78, 5) is 0.291. The van der Waals surface area contributed by atoms with Crippen molar-refractivity contribution in [1.82, 2.24) is 9.62 Å². The highest BCUT2D eigenvalue weighted by Gasteiger charge is 2.35. The highest BCUT2D eigenvalue weighted by molar-refractivity contribution is 7.89. The van der Waals surface area contributed by atoms with Crippen molar-refractivity contribution in [3.8, 4) is 0 Å². The molecule has 0 radical (unpaired) electrons. The predicted molar refractivity (Wildman–Crippen MR) is 75.1 cm³/mol. The van der Waals surface area contributed by atoms with Crippen LogP contribution in [0.15, 0.2) is 9.31 Å². The van der Waals surface area contributed by atoms with Gasteiger partial charge in [0.15, 0.2) is 0 Å². The first kappa shape index (κ1) is 15.5. The zero-order chi connectivity index (χ0) is 14.9. The minimum absolute atomic E-state index is 0.1000. The first-order chi connectivity index (χ1) is 9.39. The second kappa shape index (κ2) is 5.85. The number of likely N-dealkylation sites (N-methyl/N-ethyl adjacent to an activating group) is 1. The van der Waals surface area contributed by atoms with E-state index >= 15 is 0 Å². The van der Waals surface area contributed by atoms with E-state index in [4.69, 9.17) is 9.15 Å². The summed E-state index contributed by atoms with van der Waals surface area (Å²) in [6.07, 6.45) is 0.729. The molecule has 20 heavy (non-hydrogen) atoms. The van der Waals surface area contributed by atoms with Crippen molar-refractivity contribution < 1.29 is 17.6 Å². The molecular formula is C13H22N2O4S. The van der Waals surface area contributed by atoms with Gasteiger partial charge in [-0.25, -0.2) is 8.42 Å². The van der Waals surface area contributed by atoms with Crippen molar-refractivity contribution in [2.24, 2.45) is 0 Å². The summed E-state index contributed by atoms with van der Waals surface area (Å²) in [5, 5.41) is 2.99. The molecular weight excluding hydrogens is 280 g/mol. The Labute approximate surface area is 120 Å². The van der Waals surface area contributed by atoms with E-state index in [1.807, 2.05) is 0 Å². The van der Waals surface area contributed by atoms with Crippen LogP contribution in [0.1, 0.15) is 23.5 Å². The van der Waals surface area contributed by atoms with E-state index in [0.29, 0.717) is 41.7 Å². The largest absolute Gasteiger partial charge is 0.465 e. The molecule has 1 aromatic heterocycles. The second-order valence-electron chi connectivity index (χ2n) is 5.09. The Morgan fingerprint density at radius 3 is 2.60 bits per heavy atom. The molecule has 1 atom stereocenters. The minimum atomic E-state index is -3.57. The number of aryl methyl sites for hydroxylation is 2. The molecule has 0 spiro atoms. The molecule has 0 bridgehead atoms. The summed E-state index contributed by atoms with van der Waals surface area (Å²) < 4.78 is 37.9. The lowest BCUT2D eigenvalue weighted by Crippen LogP contribution is -2.38. The van der Waals surface area contributed by atoms with Gasteiger partial charge in [0.2, 0.25) is 10.0 Å². The molecule has 1 saturated heterocycles. The Bertz CT molecular complexity index is 573. The fourth-order valence-electron chi connectivity index (χ4n) is 2.58. The first-order valence-electron chi connectivity index (χ1n) is 6.68. The van der Waals surface area contributed by atoms with Crippen molar-refractivity contribution in [2.75, 3.05) is 27.3 Å². The Hall–Kier alpha value is -0.890. The average molecular weight is 302 g/mol. The van der Waals surface area contributed by atoms with Crippen LogP contribution < -0.4 is 5.32 Å². The molecule has 1 aliphatic rings. The number of hydrogen-bond acceptors (Lipinski definition) is 5. The lowest BCUT2D eigenvalue weighted by molar-refractivity contribution is 0.181. The van der Waals surface area contributed by atoms with Crippen LogP contribution in [0.4, 0.5) is 0 Å². The van der Waals surface area contributed by atoms with E-state index < -0.39 is 10.0 Å².